The molecule has 182 valence electrons. The number of anilines is 1. The van der Waals surface area contributed by atoms with Crippen molar-refractivity contribution in [3.05, 3.63) is 76.9 Å². The predicted molar refractivity (Wildman–Crippen MR) is 128 cm³/mol. The number of rotatable bonds is 5. The van der Waals surface area contributed by atoms with E-state index in [1.165, 1.54) is 38.8 Å². The maximum absolute atomic E-state index is 13.5. The van der Waals surface area contributed by atoms with Crippen LogP contribution in [0.5, 0.6) is 0 Å². The number of thiazole rings is 1. The third-order valence-electron chi connectivity index (χ3n) is 5.95. The summed E-state index contributed by atoms with van der Waals surface area (Å²) in [5.41, 5.74) is 3.34. The summed E-state index contributed by atoms with van der Waals surface area (Å²) in [6, 6.07) is 10.9. The summed E-state index contributed by atoms with van der Waals surface area (Å²) in [6.07, 6.45) is -1.01. The average Bonchev–Trinajstić information content (AvgIpc) is 3.48. The fourth-order valence-electron chi connectivity index (χ4n) is 4.30. The number of halogens is 3. The Hall–Kier alpha value is -3.22. The molecule has 0 atom stereocenters. The monoisotopic (exact) mass is 519 g/mol. The minimum atomic E-state index is -4.48. The van der Waals surface area contributed by atoms with Gasteiger partial charge in [0.1, 0.15) is 0 Å². The molecule has 1 N–H and O–H groups in total. The molecule has 0 unspecified atom stereocenters. The summed E-state index contributed by atoms with van der Waals surface area (Å²) < 4.78 is 71.6. The van der Waals surface area contributed by atoms with Crippen molar-refractivity contribution in [1.29, 1.82) is 0 Å². The first-order valence-corrected chi connectivity index (χ1v) is 12.9. The lowest BCUT2D eigenvalue weighted by molar-refractivity contribution is -0.137. The minimum Gasteiger partial charge on any atom is -0.268 e. The Bertz CT molecular complexity index is 1480. The van der Waals surface area contributed by atoms with Crippen molar-refractivity contribution in [2.75, 3.05) is 11.3 Å². The second kappa shape index (κ2) is 8.77. The molecule has 0 spiro atoms. The topological polar surface area (TPSA) is 80.1 Å². The zero-order valence-corrected chi connectivity index (χ0v) is 20.1. The number of nitrogens with one attached hydrogen (secondary N) is 1. The van der Waals surface area contributed by atoms with Crippen molar-refractivity contribution < 1.29 is 21.6 Å². The fourth-order valence-corrected chi connectivity index (χ4v) is 6.22. The van der Waals surface area contributed by atoms with Gasteiger partial charge in [0.05, 0.1) is 11.3 Å². The molecule has 3 heterocycles. The van der Waals surface area contributed by atoms with E-state index in [0.29, 0.717) is 23.2 Å². The second-order valence-corrected chi connectivity index (χ2v) is 10.6. The van der Waals surface area contributed by atoms with Crippen LogP contribution in [0.4, 0.5) is 18.3 Å². The Morgan fingerprint density at radius 1 is 1.06 bits per heavy atom. The molecule has 35 heavy (non-hydrogen) atoms. The summed E-state index contributed by atoms with van der Waals surface area (Å²) in [7, 11) is -2.12. The van der Waals surface area contributed by atoms with Gasteiger partial charge in [0.2, 0.25) is 0 Å². The molecule has 0 saturated carbocycles. The quantitative estimate of drug-likeness (QED) is 0.405. The first kappa shape index (κ1) is 23.5. The third-order valence-corrected chi connectivity index (χ3v) is 8.21. The van der Waals surface area contributed by atoms with Crippen molar-refractivity contribution in [3.63, 3.8) is 0 Å². The van der Waals surface area contributed by atoms with E-state index in [1.807, 2.05) is 12.1 Å². The van der Waals surface area contributed by atoms with E-state index >= 15 is 0 Å². The van der Waals surface area contributed by atoms with Gasteiger partial charge in [0.25, 0.3) is 0 Å². The first-order chi connectivity index (χ1) is 16.6. The SMILES string of the molecule is Cn1nccc1-c1cc(C(F)(F)F)ccc1-c1cccc2c1CCN(S(=O)(=O)Nc1nccs1)C2. The van der Waals surface area contributed by atoms with E-state index in [-0.39, 0.29) is 18.2 Å². The molecule has 1 aliphatic heterocycles. The van der Waals surface area contributed by atoms with Gasteiger partial charge in [-0.2, -0.15) is 31.0 Å². The van der Waals surface area contributed by atoms with E-state index in [9.17, 15) is 21.6 Å². The molecule has 1 aliphatic rings. The predicted octanol–water partition coefficient (Wildman–Crippen LogP) is 4.94. The van der Waals surface area contributed by atoms with Crippen LogP contribution >= 0.6 is 11.3 Å². The van der Waals surface area contributed by atoms with Gasteiger partial charge < -0.3 is 0 Å². The van der Waals surface area contributed by atoms with Gasteiger partial charge in [-0.25, -0.2) is 9.71 Å². The highest BCUT2D eigenvalue weighted by Gasteiger charge is 2.33. The molecular formula is C23H20F3N5O2S2. The lowest BCUT2D eigenvalue weighted by atomic mass is 9.88. The van der Waals surface area contributed by atoms with Crippen LogP contribution in [0, 0.1) is 0 Å². The van der Waals surface area contributed by atoms with Crippen molar-refractivity contribution in [2.45, 2.75) is 19.1 Å². The van der Waals surface area contributed by atoms with Crippen molar-refractivity contribution in [1.82, 2.24) is 19.1 Å². The van der Waals surface area contributed by atoms with Crippen LogP contribution in [0.15, 0.2) is 60.2 Å². The van der Waals surface area contributed by atoms with Crippen LogP contribution in [-0.4, -0.2) is 34.0 Å². The lowest BCUT2D eigenvalue weighted by Gasteiger charge is -2.29. The molecule has 2 aromatic heterocycles. The van der Waals surface area contributed by atoms with E-state index in [2.05, 4.69) is 14.8 Å². The van der Waals surface area contributed by atoms with Crippen molar-refractivity contribution >= 4 is 26.7 Å². The fraction of sp³-hybridized carbons (Fsp3) is 0.217. The van der Waals surface area contributed by atoms with Gasteiger partial charge in [-0.3, -0.25) is 4.68 Å². The van der Waals surface area contributed by atoms with Gasteiger partial charge in [-0.1, -0.05) is 24.3 Å². The van der Waals surface area contributed by atoms with Gasteiger partial charge in [-0.05, 0) is 46.9 Å². The number of alkyl halides is 3. The molecule has 0 radical (unpaired) electrons. The van der Waals surface area contributed by atoms with E-state index in [0.717, 1.165) is 28.8 Å². The molecule has 0 aliphatic carbocycles. The summed E-state index contributed by atoms with van der Waals surface area (Å²) in [6.45, 7) is 0.373. The van der Waals surface area contributed by atoms with Crippen molar-refractivity contribution in [2.24, 2.45) is 7.05 Å². The molecular weight excluding hydrogens is 499 g/mol. The molecule has 0 saturated heterocycles. The zero-order chi connectivity index (χ0) is 24.8. The molecule has 0 amide bonds. The molecule has 0 fully saturated rings. The Labute approximate surface area is 204 Å². The first-order valence-electron chi connectivity index (χ1n) is 10.6. The molecule has 0 bridgehead atoms. The Morgan fingerprint density at radius 2 is 1.89 bits per heavy atom. The highest BCUT2D eigenvalue weighted by molar-refractivity contribution is 7.90. The third kappa shape index (κ3) is 4.56. The highest BCUT2D eigenvalue weighted by Crippen LogP contribution is 2.40. The largest absolute Gasteiger partial charge is 0.416 e. The summed E-state index contributed by atoms with van der Waals surface area (Å²) >= 11 is 1.19. The van der Waals surface area contributed by atoms with E-state index in [4.69, 9.17) is 0 Å². The van der Waals surface area contributed by atoms with Crippen LogP contribution in [0.2, 0.25) is 0 Å². The number of fused-ring (bicyclic) bond motifs is 1. The van der Waals surface area contributed by atoms with Gasteiger partial charge in [-0.15, -0.1) is 11.3 Å². The van der Waals surface area contributed by atoms with Crippen LogP contribution in [0.25, 0.3) is 22.4 Å². The normalized spacial score (nSPS) is 14.6. The van der Waals surface area contributed by atoms with E-state index in [1.54, 1.807) is 24.6 Å². The van der Waals surface area contributed by atoms with Crippen LogP contribution < -0.4 is 4.72 Å². The highest BCUT2D eigenvalue weighted by atomic mass is 32.2. The van der Waals surface area contributed by atoms with Gasteiger partial charge in [0.15, 0.2) is 5.13 Å². The molecule has 7 nitrogen and oxygen atoms in total. The Morgan fingerprint density at radius 3 is 2.57 bits per heavy atom. The number of hydrogen-bond donors (Lipinski definition) is 1. The Kier molecular flexibility index (Phi) is 5.90. The summed E-state index contributed by atoms with van der Waals surface area (Å²) in [5, 5.41) is 6.09. The average molecular weight is 520 g/mol. The molecule has 5 rings (SSSR count). The number of benzene rings is 2. The minimum absolute atomic E-state index is 0.144. The van der Waals surface area contributed by atoms with E-state index < -0.39 is 21.9 Å². The van der Waals surface area contributed by atoms with Crippen LogP contribution in [0.1, 0.15) is 16.7 Å². The molecule has 2 aromatic carbocycles. The summed E-state index contributed by atoms with van der Waals surface area (Å²) in [4.78, 5) is 3.97. The number of aromatic nitrogens is 3. The Balaban J connectivity index is 1.55. The smallest absolute Gasteiger partial charge is 0.268 e. The molecule has 12 heteroatoms. The zero-order valence-electron chi connectivity index (χ0n) is 18.5. The maximum atomic E-state index is 13.5. The van der Waals surface area contributed by atoms with Crippen LogP contribution in [0.3, 0.4) is 0 Å². The van der Waals surface area contributed by atoms with Crippen LogP contribution in [-0.2, 0) is 36.4 Å². The summed E-state index contributed by atoms with van der Waals surface area (Å²) in [5.74, 6) is 0. The number of hydrogen-bond acceptors (Lipinski definition) is 5. The molecule has 4 aromatic rings. The number of aryl methyl sites for hydroxylation is 1. The van der Waals surface area contributed by atoms with Crippen molar-refractivity contribution in [3.8, 4) is 22.4 Å². The lowest BCUT2D eigenvalue weighted by Crippen LogP contribution is -2.39. The van der Waals surface area contributed by atoms with Gasteiger partial charge in [0, 0.05) is 43.5 Å². The van der Waals surface area contributed by atoms with Gasteiger partial charge >= 0.3 is 16.4 Å². The second-order valence-electron chi connectivity index (χ2n) is 8.07. The number of nitrogens with zero attached hydrogens (tertiary/aromatic N) is 4. The maximum Gasteiger partial charge on any atom is 0.416 e. The standard InChI is InChI=1S/C23H20F3N5O2S2/c1-30-21(7-9-28-30)20-13-16(23(24,25)26)5-6-19(20)18-4-2-3-15-14-31(11-8-17(15)18)35(32,33)29-22-27-10-12-34-22/h2-7,9-10,12-13H,8,11,14H2,1H3,(H,27,29).